The Kier molecular flexibility index (Phi) is 8.80. The van der Waals surface area contributed by atoms with Gasteiger partial charge < -0.3 is 25.0 Å². The van der Waals surface area contributed by atoms with Crippen LogP contribution in [-0.4, -0.2) is 90.3 Å². The van der Waals surface area contributed by atoms with Crippen LogP contribution in [-0.2, 0) is 11.3 Å². The molecule has 1 aromatic heterocycles. The first-order valence-corrected chi connectivity index (χ1v) is 13.4. The summed E-state index contributed by atoms with van der Waals surface area (Å²) in [5.74, 6) is -1.52. The number of amides is 1. The number of carbonyl (C=O) groups is 1. The maximum absolute atomic E-state index is 14.3. The predicted molar refractivity (Wildman–Crippen MR) is 152 cm³/mol. The van der Waals surface area contributed by atoms with E-state index in [0.29, 0.717) is 32.0 Å². The van der Waals surface area contributed by atoms with Gasteiger partial charge in [0.05, 0.1) is 30.0 Å². The number of hydrogen-bond acceptors (Lipinski definition) is 10. The molecule has 5 rings (SSSR count). The number of carbonyl (C=O) groups excluding carboxylic acids is 1. The van der Waals surface area contributed by atoms with E-state index >= 15 is 0 Å². The average Bonchev–Trinajstić information content (AvgIpc) is 2.97. The largest absolute Gasteiger partial charge is 0.506 e. The average molecular weight is 571 g/mol. The first kappa shape index (κ1) is 27.8. The molecule has 11 nitrogen and oxygen atoms in total. The number of nitrogens with one attached hydrogen (secondary N) is 3. The number of phenolic OH excluding ortho intramolecular Hbond substituents is 1. The number of benzene rings is 2. The molecule has 212 valence electrons. The third-order valence-electron chi connectivity index (χ3n) is 6.88. The maximum Gasteiger partial charge on any atom is 0.273 e. The minimum Gasteiger partial charge on any atom is -0.506 e. The van der Waals surface area contributed by atoms with Gasteiger partial charge in [-0.2, -0.15) is 4.98 Å². The number of ether oxygens (including phenoxy) is 1. The third kappa shape index (κ3) is 6.89. The number of aromatic nitrogens is 2. The van der Waals surface area contributed by atoms with Gasteiger partial charge in [-0.3, -0.25) is 20.5 Å². The van der Waals surface area contributed by atoms with Crippen molar-refractivity contribution in [2.75, 3.05) is 75.2 Å². The number of morpholine rings is 1. The van der Waals surface area contributed by atoms with Crippen LogP contribution in [0.1, 0.15) is 15.9 Å². The monoisotopic (exact) mass is 570 g/mol. The van der Waals surface area contributed by atoms with Crippen molar-refractivity contribution in [1.29, 1.82) is 0 Å². The molecule has 0 spiro atoms. The van der Waals surface area contributed by atoms with Crippen LogP contribution in [0, 0.1) is 5.82 Å². The second-order valence-corrected chi connectivity index (χ2v) is 10.2. The molecule has 3 aromatic rings. The minimum absolute atomic E-state index is 0.00669. The van der Waals surface area contributed by atoms with Crippen LogP contribution in [0.2, 0.25) is 5.02 Å². The fourth-order valence-corrected chi connectivity index (χ4v) is 4.78. The number of halogens is 2. The zero-order valence-corrected chi connectivity index (χ0v) is 22.9. The van der Waals surface area contributed by atoms with Gasteiger partial charge in [0.1, 0.15) is 5.75 Å². The summed E-state index contributed by atoms with van der Waals surface area (Å²) in [4.78, 5) is 27.5. The Morgan fingerprint density at radius 1 is 1.07 bits per heavy atom. The number of likely N-dealkylation sites (N-methyl/N-ethyl adjacent to an activating group) is 1. The van der Waals surface area contributed by atoms with E-state index in [0.717, 1.165) is 44.6 Å². The number of piperazine rings is 1. The SMILES string of the molecule is CN1CCN(Cc2ccc(Nc3cc(Cl)c(O)c(C(=O)NNc4ncc(F)c(N5CCOCC5)n4)c3)cc2)CC1. The molecule has 0 radical (unpaired) electrons. The highest BCUT2D eigenvalue weighted by atomic mass is 35.5. The number of nitrogens with zero attached hydrogens (tertiary/aromatic N) is 5. The molecule has 2 aliphatic heterocycles. The molecule has 3 heterocycles. The van der Waals surface area contributed by atoms with Gasteiger partial charge in [-0.25, -0.2) is 9.37 Å². The van der Waals surface area contributed by atoms with E-state index in [1.165, 1.54) is 17.7 Å². The van der Waals surface area contributed by atoms with Gasteiger partial charge in [0.15, 0.2) is 11.6 Å². The Morgan fingerprint density at radius 3 is 2.52 bits per heavy atom. The lowest BCUT2D eigenvalue weighted by Crippen LogP contribution is -2.43. The van der Waals surface area contributed by atoms with Gasteiger partial charge >= 0.3 is 0 Å². The van der Waals surface area contributed by atoms with Gasteiger partial charge in [-0.1, -0.05) is 23.7 Å². The summed E-state index contributed by atoms with van der Waals surface area (Å²) in [5.41, 5.74) is 7.50. The summed E-state index contributed by atoms with van der Waals surface area (Å²) in [7, 11) is 2.14. The van der Waals surface area contributed by atoms with Crippen LogP contribution in [0.25, 0.3) is 0 Å². The van der Waals surface area contributed by atoms with E-state index in [-0.39, 0.29) is 28.1 Å². The van der Waals surface area contributed by atoms with Crippen LogP contribution in [0.5, 0.6) is 5.75 Å². The van der Waals surface area contributed by atoms with Crippen LogP contribution in [0.4, 0.5) is 27.5 Å². The highest BCUT2D eigenvalue weighted by Crippen LogP contribution is 2.32. The molecular weight excluding hydrogens is 539 g/mol. The summed E-state index contributed by atoms with van der Waals surface area (Å²) in [6, 6.07) is 11.1. The number of hydrogen-bond donors (Lipinski definition) is 4. The van der Waals surface area contributed by atoms with Gasteiger partial charge in [-0.05, 0) is 36.9 Å². The van der Waals surface area contributed by atoms with Crippen molar-refractivity contribution in [3.05, 3.63) is 64.6 Å². The molecule has 0 unspecified atom stereocenters. The molecule has 0 aliphatic carbocycles. The van der Waals surface area contributed by atoms with Crippen LogP contribution < -0.4 is 21.1 Å². The lowest BCUT2D eigenvalue weighted by molar-refractivity contribution is 0.0959. The second-order valence-electron chi connectivity index (χ2n) is 9.80. The Balaban J connectivity index is 1.22. The minimum atomic E-state index is -0.675. The van der Waals surface area contributed by atoms with Crippen molar-refractivity contribution < 1.29 is 19.0 Å². The molecule has 13 heteroatoms. The van der Waals surface area contributed by atoms with E-state index in [1.54, 1.807) is 4.90 Å². The molecular formula is C27H32ClFN8O3. The Labute approximate surface area is 236 Å². The van der Waals surface area contributed by atoms with Crippen molar-refractivity contribution >= 4 is 40.6 Å². The zero-order valence-electron chi connectivity index (χ0n) is 22.2. The highest BCUT2D eigenvalue weighted by molar-refractivity contribution is 6.33. The van der Waals surface area contributed by atoms with E-state index in [4.69, 9.17) is 16.3 Å². The fourth-order valence-electron chi connectivity index (χ4n) is 4.56. The number of anilines is 4. The van der Waals surface area contributed by atoms with Gasteiger partial charge in [0, 0.05) is 57.2 Å². The van der Waals surface area contributed by atoms with Gasteiger partial charge in [0.2, 0.25) is 5.95 Å². The number of rotatable bonds is 8. The standard InChI is InChI=1S/C27H32ClFN8O3/c1-35-6-8-36(9-7-35)17-18-2-4-19(5-3-18)31-20-14-21(24(38)22(28)15-20)26(39)33-34-27-30-16-23(29)25(32-27)37-10-12-40-13-11-37/h2-5,14-16,31,38H,6-13,17H2,1H3,(H,33,39)(H,30,32,34). The van der Waals surface area contributed by atoms with E-state index < -0.39 is 11.7 Å². The van der Waals surface area contributed by atoms with Crippen molar-refractivity contribution in [2.24, 2.45) is 0 Å². The molecule has 1 amide bonds. The Morgan fingerprint density at radius 2 is 1.80 bits per heavy atom. The van der Waals surface area contributed by atoms with Crippen molar-refractivity contribution in [2.45, 2.75) is 6.54 Å². The number of phenols is 1. The molecule has 0 saturated carbocycles. The Bertz CT molecular complexity index is 1330. The molecule has 0 bridgehead atoms. The third-order valence-corrected chi connectivity index (χ3v) is 7.16. The summed E-state index contributed by atoms with van der Waals surface area (Å²) < 4.78 is 19.6. The molecule has 0 atom stereocenters. The van der Waals surface area contributed by atoms with Gasteiger partial charge in [0.25, 0.3) is 5.91 Å². The van der Waals surface area contributed by atoms with E-state index in [2.05, 4.69) is 55.1 Å². The quantitative estimate of drug-likeness (QED) is 0.238. The van der Waals surface area contributed by atoms with Crippen molar-refractivity contribution in [3.63, 3.8) is 0 Å². The normalized spacial score (nSPS) is 16.5. The van der Waals surface area contributed by atoms with Crippen molar-refractivity contribution in [1.82, 2.24) is 25.2 Å². The number of aromatic hydroxyl groups is 1. The summed E-state index contributed by atoms with van der Waals surface area (Å²) in [5, 5.41) is 13.7. The first-order valence-electron chi connectivity index (χ1n) is 13.1. The zero-order chi connectivity index (χ0) is 28.1. The van der Waals surface area contributed by atoms with Crippen molar-refractivity contribution in [3.8, 4) is 5.75 Å². The number of hydrazine groups is 1. The van der Waals surface area contributed by atoms with E-state index in [9.17, 15) is 14.3 Å². The summed E-state index contributed by atoms with van der Waals surface area (Å²) in [6.45, 7) is 7.04. The lowest BCUT2D eigenvalue weighted by atomic mass is 10.1. The molecule has 40 heavy (non-hydrogen) atoms. The van der Waals surface area contributed by atoms with Gasteiger partial charge in [-0.15, -0.1) is 0 Å². The molecule has 2 aliphatic rings. The fraction of sp³-hybridized carbons (Fsp3) is 0.370. The smallest absolute Gasteiger partial charge is 0.273 e. The van der Waals surface area contributed by atoms with Crippen LogP contribution in [0.15, 0.2) is 42.6 Å². The van der Waals surface area contributed by atoms with Crippen LogP contribution >= 0.6 is 11.6 Å². The first-order chi connectivity index (χ1) is 19.4. The highest BCUT2D eigenvalue weighted by Gasteiger charge is 2.20. The second kappa shape index (κ2) is 12.6. The molecule has 2 aromatic carbocycles. The summed E-state index contributed by atoms with van der Waals surface area (Å²) in [6.07, 6.45) is 1.03. The maximum atomic E-state index is 14.3. The summed E-state index contributed by atoms with van der Waals surface area (Å²) >= 11 is 6.23. The molecule has 2 fully saturated rings. The lowest BCUT2D eigenvalue weighted by Gasteiger charge is -2.32. The van der Waals surface area contributed by atoms with Crippen LogP contribution in [0.3, 0.4) is 0 Å². The predicted octanol–water partition coefficient (Wildman–Crippen LogP) is 3.06. The van der Waals surface area contributed by atoms with E-state index in [1.807, 2.05) is 12.1 Å². The topological polar surface area (TPSA) is 118 Å². The molecule has 4 N–H and O–H groups in total. The molecule has 2 saturated heterocycles. The Hall–Kier alpha value is -3.71.